The number of carbonyl (C=O) groups is 1. The second kappa shape index (κ2) is 3.95. The molecular formula is C11H18N2O. The lowest BCUT2D eigenvalue weighted by atomic mass is 9.88. The summed E-state index contributed by atoms with van der Waals surface area (Å²) in [5.74, 6) is 0. The van der Waals surface area contributed by atoms with Crippen molar-refractivity contribution in [1.82, 2.24) is 9.78 Å². The van der Waals surface area contributed by atoms with Crippen LogP contribution in [0.1, 0.15) is 38.4 Å². The van der Waals surface area contributed by atoms with Gasteiger partial charge in [-0.3, -0.25) is 4.68 Å². The Morgan fingerprint density at radius 3 is 2.64 bits per heavy atom. The number of carbonyl (C=O) groups excluding carboxylic acids is 1. The SMILES string of the molecule is Cn1cc(CCC=O)c(C(C)(C)C)n1. The first-order chi connectivity index (χ1) is 6.45. The Morgan fingerprint density at radius 2 is 2.14 bits per heavy atom. The minimum absolute atomic E-state index is 0.0550. The van der Waals surface area contributed by atoms with Crippen LogP contribution < -0.4 is 0 Å². The van der Waals surface area contributed by atoms with Crippen molar-refractivity contribution in [3.8, 4) is 0 Å². The van der Waals surface area contributed by atoms with Gasteiger partial charge in [-0.15, -0.1) is 0 Å². The molecule has 0 aromatic carbocycles. The second-order valence-corrected chi connectivity index (χ2v) is 4.63. The summed E-state index contributed by atoms with van der Waals surface area (Å²) in [6, 6.07) is 0. The average Bonchev–Trinajstić information content (AvgIpc) is 2.42. The minimum Gasteiger partial charge on any atom is -0.303 e. The van der Waals surface area contributed by atoms with Crippen LogP contribution in [0, 0.1) is 0 Å². The van der Waals surface area contributed by atoms with Crippen molar-refractivity contribution in [2.75, 3.05) is 0 Å². The van der Waals surface area contributed by atoms with Gasteiger partial charge in [-0.2, -0.15) is 5.10 Å². The Kier molecular flexibility index (Phi) is 3.09. The first-order valence-corrected chi connectivity index (χ1v) is 4.92. The van der Waals surface area contributed by atoms with Crippen molar-refractivity contribution in [2.45, 2.75) is 39.0 Å². The summed E-state index contributed by atoms with van der Waals surface area (Å²) in [4.78, 5) is 10.3. The van der Waals surface area contributed by atoms with E-state index in [4.69, 9.17) is 0 Å². The van der Waals surface area contributed by atoms with Crippen molar-refractivity contribution in [3.05, 3.63) is 17.5 Å². The highest BCUT2D eigenvalue weighted by Gasteiger charge is 2.21. The van der Waals surface area contributed by atoms with Gasteiger partial charge in [0.25, 0.3) is 0 Å². The van der Waals surface area contributed by atoms with Crippen molar-refractivity contribution in [3.63, 3.8) is 0 Å². The number of nitrogens with zero attached hydrogens (tertiary/aromatic N) is 2. The molecule has 3 nitrogen and oxygen atoms in total. The van der Waals surface area contributed by atoms with Gasteiger partial charge in [0.15, 0.2) is 0 Å². The van der Waals surface area contributed by atoms with Crippen LogP contribution in [0.3, 0.4) is 0 Å². The molecule has 1 aromatic rings. The fourth-order valence-corrected chi connectivity index (χ4v) is 1.57. The van der Waals surface area contributed by atoms with E-state index in [1.807, 2.05) is 17.9 Å². The Labute approximate surface area is 85.1 Å². The Balaban J connectivity index is 2.97. The third-order valence-corrected chi connectivity index (χ3v) is 2.15. The van der Waals surface area contributed by atoms with Crippen LogP contribution in [0.25, 0.3) is 0 Å². The van der Waals surface area contributed by atoms with E-state index < -0.39 is 0 Å². The van der Waals surface area contributed by atoms with E-state index in [0.29, 0.717) is 6.42 Å². The molecule has 0 radical (unpaired) electrons. The molecule has 0 atom stereocenters. The maximum absolute atomic E-state index is 10.3. The smallest absolute Gasteiger partial charge is 0.120 e. The summed E-state index contributed by atoms with van der Waals surface area (Å²) in [6.45, 7) is 6.42. The van der Waals surface area contributed by atoms with Crippen LogP contribution in [-0.2, 0) is 23.7 Å². The summed E-state index contributed by atoms with van der Waals surface area (Å²) in [5.41, 5.74) is 2.34. The second-order valence-electron chi connectivity index (χ2n) is 4.63. The van der Waals surface area contributed by atoms with E-state index in [1.165, 1.54) is 5.56 Å². The highest BCUT2D eigenvalue weighted by Crippen LogP contribution is 2.24. The van der Waals surface area contributed by atoms with Gasteiger partial charge in [0.1, 0.15) is 6.29 Å². The average molecular weight is 194 g/mol. The summed E-state index contributed by atoms with van der Waals surface area (Å²) in [5, 5.41) is 4.44. The van der Waals surface area contributed by atoms with Gasteiger partial charge in [0, 0.05) is 25.1 Å². The van der Waals surface area contributed by atoms with Crippen molar-refractivity contribution < 1.29 is 4.79 Å². The topological polar surface area (TPSA) is 34.9 Å². The van der Waals surface area contributed by atoms with Gasteiger partial charge in [-0.25, -0.2) is 0 Å². The molecule has 0 fully saturated rings. The third-order valence-electron chi connectivity index (χ3n) is 2.15. The fourth-order valence-electron chi connectivity index (χ4n) is 1.57. The number of aldehydes is 1. The van der Waals surface area contributed by atoms with E-state index in [9.17, 15) is 4.79 Å². The monoisotopic (exact) mass is 194 g/mol. The standard InChI is InChI=1S/C11H18N2O/c1-11(2,3)10-9(6-5-7-14)8-13(4)12-10/h7-8H,5-6H2,1-4H3. The van der Waals surface area contributed by atoms with Crippen LogP contribution >= 0.6 is 0 Å². The lowest BCUT2D eigenvalue weighted by Gasteiger charge is -2.17. The zero-order valence-corrected chi connectivity index (χ0v) is 9.37. The molecule has 0 aliphatic heterocycles. The molecule has 0 bridgehead atoms. The van der Waals surface area contributed by atoms with Crippen molar-refractivity contribution in [1.29, 1.82) is 0 Å². The van der Waals surface area contributed by atoms with E-state index in [0.717, 1.165) is 18.4 Å². The molecule has 0 saturated heterocycles. The normalized spacial score (nSPS) is 11.7. The van der Waals surface area contributed by atoms with Gasteiger partial charge in [0.2, 0.25) is 0 Å². The van der Waals surface area contributed by atoms with E-state index in [2.05, 4.69) is 25.9 Å². The summed E-state index contributed by atoms with van der Waals surface area (Å²) in [6.07, 6.45) is 4.34. The first kappa shape index (κ1) is 11.0. The van der Waals surface area contributed by atoms with E-state index >= 15 is 0 Å². The molecule has 0 amide bonds. The van der Waals surface area contributed by atoms with Gasteiger partial charge < -0.3 is 4.79 Å². The Morgan fingerprint density at radius 1 is 1.50 bits per heavy atom. The predicted octanol–water partition coefficient (Wildman–Crippen LogP) is 1.85. The molecule has 0 aliphatic rings. The molecule has 0 saturated carbocycles. The van der Waals surface area contributed by atoms with Crippen LogP contribution in [0.4, 0.5) is 0 Å². The molecule has 0 spiro atoms. The van der Waals surface area contributed by atoms with Crippen LogP contribution in [0.2, 0.25) is 0 Å². The fraction of sp³-hybridized carbons (Fsp3) is 0.636. The summed E-state index contributed by atoms with van der Waals surface area (Å²) >= 11 is 0. The lowest BCUT2D eigenvalue weighted by Crippen LogP contribution is -2.14. The van der Waals surface area contributed by atoms with Crippen LogP contribution in [0.15, 0.2) is 6.20 Å². The maximum atomic E-state index is 10.3. The van der Waals surface area contributed by atoms with Crippen LogP contribution in [0.5, 0.6) is 0 Å². The third kappa shape index (κ3) is 2.44. The van der Waals surface area contributed by atoms with Crippen LogP contribution in [-0.4, -0.2) is 16.1 Å². The summed E-state index contributed by atoms with van der Waals surface area (Å²) in [7, 11) is 1.92. The molecule has 1 heterocycles. The number of aryl methyl sites for hydroxylation is 2. The quantitative estimate of drug-likeness (QED) is 0.688. The minimum atomic E-state index is 0.0550. The van der Waals surface area contributed by atoms with Gasteiger partial charge >= 0.3 is 0 Å². The predicted molar refractivity (Wildman–Crippen MR) is 56.3 cm³/mol. The molecular weight excluding hydrogens is 176 g/mol. The van der Waals surface area contributed by atoms with Gasteiger partial charge in [0.05, 0.1) is 5.69 Å². The molecule has 78 valence electrons. The highest BCUT2D eigenvalue weighted by atomic mass is 16.1. The molecule has 1 rings (SSSR count). The molecule has 0 aliphatic carbocycles. The zero-order valence-electron chi connectivity index (χ0n) is 9.37. The highest BCUT2D eigenvalue weighted by molar-refractivity contribution is 5.50. The number of hydrogen-bond donors (Lipinski definition) is 0. The molecule has 1 aromatic heterocycles. The first-order valence-electron chi connectivity index (χ1n) is 4.92. The Hall–Kier alpha value is -1.12. The van der Waals surface area contributed by atoms with E-state index in [1.54, 1.807) is 0 Å². The van der Waals surface area contributed by atoms with Crippen molar-refractivity contribution in [2.24, 2.45) is 7.05 Å². The number of rotatable bonds is 3. The van der Waals surface area contributed by atoms with E-state index in [-0.39, 0.29) is 5.41 Å². The maximum Gasteiger partial charge on any atom is 0.120 e. The molecule has 14 heavy (non-hydrogen) atoms. The molecule has 0 N–H and O–H groups in total. The summed E-state index contributed by atoms with van der Waals surface area (Å²) < 4.78 is 1.82. The Bertz CT molecular complexity index is 321. The molecule has 0 unspecified atom stereocenters. The largest absolute Gasteiger partial charge is 0.303 e. The van der Waals surface area contributed by atoms with Crippen molar-refractivity contribution >= 4 is 6.29 Å². The number of aromatic nitrogens is 2. The molecule has 3 heteroatoms. The lowest BCUT2D eigenvalue weighted by molar-refractivity contribution is -0.107. The van der Waals surface area contributed by atoms with Gasteiger partial charge in [-0.05, 0) is 12.0 Å². The zero-order chi connectivity index (χ0) is 10.8. The number of hydrogen-bond acceptors (Lipinski definition) is 2. The van der Waals surface area contributed by atoms with Gasteiger partial charge in [-0.1, -0.05) is 20.8 Å².